The highest BCUT2D eigenvalue weighted by molar-refractivity contribution is 5.98. The third-order valence-electron chi connectivity index (χ3n) is 2.72. The van der Waals surface area contributed by atoms with Gasteiger partial charge in [-0.25, -0.2) is 4.98 Å². The number of nitrogens with zero attached hydrogens (tertiary/aromatic N) is 1. The third kappa shape index (κ3) is 1.69. The van der Waals surface area contributed by atoms with Gasteiger partial charge in [-0.1, -0.05) is 0 Å². The normalized spacial score (nSPS) is 10.5. The number of rotatable bonds is 2. The fourth-order valence-electron chi connectivity index (χ4n) is 1.80. The Bertz CT molecular complexity index is 582. The number of pyridine rings is 1. The van der Waals surface area contributed by atoms with Gasteiger partial charge in [-0.2, -0.15) is 0 Å². The average molecular weight is 234 g/mol. The number of nitrogen functional groups attached to an aromatic ring is 1. The zero-order chi connectivity index (χ0) is 12.6. The highest BCUT2D eigenvalue weighted by atomic mass is 16.5. The standard InChI is InChI=1S/C12H14N2O3/c1-6-7-4-9(16-2)10(17-3)5-8(7)11(13)12(15)14-6/h4-5H,13H2,1-3H3,(H,14,15). The van der Waals surface area contributed by atoms with Crippen molar-refractivity contribution in [3.63, 3.8) is 0 Å². The SMILES string of the molecule is COc1cc2c(C)nc(O)c(N)c2cc1OC. The number of ether oxygens (including phenoxy) is 2. The van der Waals surface area contributed by atoms with Gasteiger partial charge in [-0.05, 0) is 19.1 Å². The van der Waals surface area contributed by atoms with Gasteiger partial charge in [0.15, 0.2) is 11.5 Å². The Morgan fingerprint density at radius 1 is 1.12 bits per heavy atom. The molecule has 90 valence electrons. The Labute approximate surface area is 98.8 Å². The smallest absolute Gasteiger partial charge is 0.235 e. The van der Waals surface area contributed by atoms with Gasteiger partial charge in [-0.3, -0.25) is 0 Å². The predicted octanol–water partition coefficient (Wildman–Crippen LogP) is 1.85. The fraction of sp³-hybridized carbons (Fsp3) is 0.250. The van der Waals surface area contributed by atoms with E-state index >= 15 is 0 Å². The number of aromatic nitrogens is 1. The van der Waals surface area contributed by atoms with Crippen molar-refractivity contribution in [2.45, 2.75) is 6.92 Å². The van der Waals surface area contributed by atoms with Crippen molar-refractivity contribution in [3.05, 3.63) is 17.8 Å². The number of benzene rings is 1. The second kappa shape index (κ2) is 4.01. The van der Waals surface area contributed by atoms with Crippen LogP contribution in [0.4, 0.5) is 5.69 Å². The number of fused-ring (bicyclic) bond motifs is 1. The van der Waals surface area contributed by atoms with E-state index < -0.39 is 0 Å². The minimum Gasteiger partial charge on any atom is -0.493 e. The van der Waals surface area contributed by atoms with Crippen LogP contribution in [0.15, 0.2) is 12.1 Å². The fourth-order valence-corrected chi connectivity index (χ4v) is 1.80. The lowest BCUT2D eigenvalue weighted by atomic mass is 10.1. The number of hydrogen-bond acceptors (Lipinski definition) is 5. The summed E-state index contributed by atoms with van der Waals surface area (Å²) in [6, 6.07) is 3.53. The molecule has 2 rings (SSSR count). The van der Waals surface area contributed by atoms with E-state index in [1.165, 1.54) is 0 Å². The van der Waals surface area contributed by atoms with Crippen LogP contribution >= 0.6 is 0 Å². The summed E-state index contributed by atoms with van der Waals surface area (Å²) in [5.74, 6) is 1.01. The Morgan fingerprint density at radius 2 is 1.65 bits per heavy atom. The van der Waals surface area contributed by atoms with Crippen LogP contribution in [0.2, 0.25) is 0 Å². The number of hydrogen-bond donors (Lipinski definition) is 2. The lowest BCUT2D eigenvalue weighted by Crippen LogP contribution is -1.96. The largest absolute Gasteiger partial charge is 0.493 e. The number of nitrogens with two attached hydrogens (primary N) is 1. The van der Waals surface area contributed by atoms with E-state index in [-0.39, 0.29) is 11.6 Å². The molecular weight excluding hydrogens is 220 g/mol. The van der Waals surface area contributed by atoms with E-state index in [9.17, 15) is 5.11 Å². The van der Waals surface area contributed by atoms with Crippen LogP contribution in [0.25, 0.3) is 10.8 Å². The average Bonchev–Trinajstić information content (AvgIpc) is 2.34. The topological polar surface area (TPSA) is 77.6 Å². The summed E-state index contributed by atoms with van der Waals surface area (Å²) in [7, 11) is 3.12. The molecule has 0 unspecified atom stereocenters. The van der Waals surface area contributed by atoms with Crippen molar-refractivity contribution < 1.29 is 14.6 Å². The number of anilines is 1. The summed E-state index contributed by atoms with van der Waals surface area (Å²) < 4.78 is 10.4. The van der Waals surface area contributed by atoms with Crippen molar-refractivity contribution in [3.8, 4) is 17.4 Å². The molecule has 5 heteroatoms. The van der Waals surface area contributed by atoms with Crippen LogP contribution in [0, 0.1) is 6.92 Å². The minimum atomic E-state index is -0.165. The van der Waals surface area contributed by atoms with Crippen LogP contribution in [0.3, 0.4) is 0 Å². The van der Waals surface area contributed by atoms with Gasteiger partial charge in [0, 0.05) is 16.5 Å². The van der Waals surface area contributed by atoms with Gasteiger partial charge in [0.25, 0.3) is 0 Å². The molecule has 0 bridgehead atoms. The lowest BCUT2D eigenvalue weighted by Gasteiger charge is -2.12. The summed E-state index contributed by atoms with van der Waals surface area (Å²) >= 11 is 0. The van der Waals surface area contributed by atoms with Gasteiger partial charge in [0.2, 0.25) is 5.88 Å². The van der Waals surface area contributed by atoms with Gasteiger partial charge in [-0.15, -0.1) is 0 Å². The first-order chi connectivity index (χ1) is 8.08. The molecule has 0 radical (unpaired) electrons. The third-order valence-corrected chi connectivity index (χ3v) is 2.72. The van der Waals surface area contributed by atoms with E-state index in [2.05, 4.69) is 4.98 Å². The van der Waals surface area contributed by atoms with Crippen LogP contribution in [0.5, 0.6) is 17.4 Å². The lowest BCUT2D eigenvalue weighted by molar-refractivity contribution is 0.356. The summed E-state index contributed by atoms with van der Waals surface area (Å²) in [5, 5.41) is 11.1. The van der Waals surface area contributed by atoms with E-state index in [0.29, 0.717) is 22.6 Å². The molecule has 0 aliphatic heterocycles. The molecule has 5 nitrogen and oxygen atoms in total. The maximum Gasteiger partial charge on any atom is 0.235 e. The molecule has 0 saturated carbocycles. The number of methoxy groups -OCH3 is 2. The van der Waals surface area contributed by atoms with E-state index in [1.54, 1.807) is 33.3 Å². The highest BCUT2D eigenvalue weighted by Crippen LogP contribution is 2.37. The maximum atomic E-state index is 9.58. The Morgan fingerprint density at radius 3 is 2.18 bits per heavy atom. The van der Waals surface area contributed by atoms with Gasteiger partial charge >= 0.3 is 0 Å². The summed E-state index contributed by atoms with van der Waals surface area (Å²) in [6.07, 6.45) is 0. The van der Waals surface area contributed by atoms with Crippen molar-refractivity contribution in [2.75, 3.05) is 20.0 Å². The first kappa shape index (κ1) is 11.3. The molecule has 0 saturated heterocycles. The molecule has 1 heterocycles. The van der Waals surface area contributed by atoms with Crippen molar-refractivity contribution in [2.24, 2.45) is 0 Å². The summed E-state index contributed by atoms with van der Waals surface area (Å²) in [4.78, 5) is 3.97. The van der Waals surface area contributed by atoms with E-state index in [1.807, 2.05) is 0 Å². The molecule has 0 atom stereocenters. The van der Waals surface area contributed by atoms with Crippen LogP contribution in [0.1, 0.15) is 5.69 Å². The first-order valence-electron chi connectivity index (χ1n) is 5.09. The van der Waals surface area contributed by atoms with Crippen LogP contribution in [-0.4, -0.2) is 24.3 Å². The molecule has 0 aliphatic rings. The zero-order valence-electron chi connectivity index (χ0n) is 9.94. The van der Waals surface area contributed by atoms with Crippen molar-refractivity contribution in [1.29, 1.82) is 0 Å². The maximum absolute atomic E-state index is 9.58. The zero-order valence-corrected chi connectivity index (χ0v) is 9.94. The van der Waals surface area contributed by atoms with Crippen molar-refractivity contribution in [1.82, 2.24) is 4.98 Å². The molecule has 1 aromatic carbocycles. The van der Waals surface area contributed by atoms with Gasteiger partial charge in [0.1, 0.15) is 5.69 Å². The van der Waals surface area contributed by atoms with E-state index in [0.717, 1.165) is 5.39 Å². The Kier molecular flexibility index (Phi) is 2.67. The highest BCUT2D eigenvalue weighted by Gasteiger charge is 2.13. The van der Waals surface area contributed by atoms with E-state index in [4.69, 9.17) is 15.2 Å². The van der Waals surface area contributed by atoms with Crippen LogP contribution < -0.4 is 15.2 Å². The van der Waals surface area contributed by atoms with Gasteiger partial charge < -0.3 is 20.3 Å². The molecule has 17 heavy (non-hydrogen) atoms. The molecule has 0 fully saturated rings. The second-order valence-corrected chi connectivity index (χ2v) is 3.69. The molecule has 0 aliphatic carbocycles. The predicted molar refractivity (Wildman–Crippen MR) is 65.7 cm³/mol. The summed E-state index contributed by atoms with van der Waals surface area (Å²) in [5.41, 5.74) is 6.72. The number of aromatic hydroxyl groups is 1. The van der Waals surface area contributed by atoms with Crippen LogP contribution in [-0.2, 0) is 0 Å². The monoisotopic (exact) mass is 234 g/mol. The quantitative estimate of drug-likeness (QED) is 0.829. The molecule has 2 aromatic rings. The summed E-state index contributed by atoms with van der Waals surface area (Å²) in [6.45, 7) is 1.80. The molecular formula is C12H14N2O3. The second-order valence-electron chi connectivity index (χ2n) is 3.69. The minimum absolute atomic E-state index is 0.165. The molecule has 0 spiro atoms. The first-order valence-corrected chi connectivity index (χ1v) is 5.09. The molecule has 1 aromatic heterocycles. The Hall–Kier alpha value is -2.17. The van der Waals surface area contributed by atoms with Crippen molar-refractivity contribution >= 4 is 16.5 Å². The number of aryl methyl sites for hydroxylation is 1. The Balaban J connectivity index is 2.87. The molecule has 0 amide bonds. The molecule has 3 N–H and O–H groups in total. The van der Waals surface area contributed by atoms with Gasteiger partial charge in [0.05, 0.1) is 14.2 Å².